The molecule has 7 nitrogen and oxygen atoms in total. The normalized spacial score (nSPS) is 12.0. The lowest BCUT2D eigenvalue weighted by molar-refractivity contribution is 0.174. The summed E-state index contributed by atoms with van der Waals surface area (Å²) in [5, 5.41) is 11.2. The van der Waals surface area contributed by atoms with Crippen LogP contribution < -0.4 is 19.7 Å². The summed E-state index contributed by atoms with van der Waals surface area (Å²) >= 11 is 0. The number of hydrogen-bond donors (Lipinski definition) is 1. The molecule has 0 radical (unpaired) electrons. The van der Waals surface area contributed by atoms with Crippen molar-refractivity contribution in [1.29, 1.82) is 0 Å². The minimum atomic E-state index is 0.247. The van der Waals surface area contributed by atoms with Crippen molar-refractivity contribution in [1.82, 2.24) is 15.2 Å². The zero-order valence-electron chi connectivity index (χ0n) is 13.7. The summed E-state index contributed by atoms with van der Waals surface area (Å²) in [7, 11) is 1.97. The van der Waals surface area contributed by atoms with Gasteiger partial charge in [0.2, 0.25) is 12.7 Å². The molecule has 25 heavy (non-hydrogen) atoms. The second-order valence-corrected chi connectivity index (χ2v) is 5.67. The monoisotopic (exact) mass is 335 g/mol. The van der Waals surface area contributed by atoms with Crippen LogP contribution in [-0.4, -0.2) is 29.0 Å². The maximum absolute atomic E-state index is 5.38. The Morgan fingerprint density at radius 1 is 1.08 bits per heavy atom. The predicted octanol–water partition coefficient (Wildman–Crippen LogP) is 2.98. The van der Waals surface area contributed by atoms with Crippen LogP contribution in [0.5, 0.6) is 11.5 Å². The van der Waals surface area contributed by atoms with Crippen molar-refractivity contribution in [2.24, 2.45) is 0 Å². The second-order valence-electron chi connectivity index (χ2n) is 5.67. The number of rotatable bonds is 5. The first-order chi connectivity index (χ1) is 12.3. The summed E-state index contributed by atoms with van der Waals surface area (Å²) in [5.74, 6) is 2.61. The first-order valence-electron chi connectivity index (χ1n) is 7.89. The Labute approximate surface area is 145 Å². The first kappa shape index (κ1) is 15.2. The molecule has 126 valence electrons. The van der Waals surface area contributed by atoms with Crippen molar-refractivity contribution in [3.8, 4) is 11.5 Å². The van der Waals surface area contributed by atoms with E-state index in [-0.39, 0.29) is 6.79 Å². The van der Waals surface area contributed by atoms with E-state index in [4.69, 9.17) is 9.47 Å². The number of aromatic nitrogens is 3. The van der Waals surface area contributed by atoms with Crippen LogP contribution >= 0.6 is 0 Å². The molecule has 0 atom stereocenters. The van der Waals surface area contributed by atoms with E-state index >= 15 is 0 Å². The molecule has 2 aromatic carbocycles. The molecule has 0 unspecified atom stereocenters. The predicted molar refractivity (Wildman–Crippen MR) is 94.2 cm³/mol. The van der Waals surface area contributed by atoms with E-state index in [9.17, 15) is 0 Å². The van der Waals surface area contributed by atoms with Gasteiger partial charge < -0.3 is 19.7 Å². The van der Waals surface area contributed by atoms with E-state index in [1.54, 1.807) is 6.20 Å². The zero-order chi connectivity index (χ0) is 17.1. The van der Waals surface area contributed by atoms with Gasteiger partial charge in [0.25, 0.3) is 0 Å². The van der Waals surface area contributed by atoms with E-state index in [0.29, 0.717) is 11.7 Å². The second kappa shape index (κ2) is 6.64. The minimum Gasteiger partial charge on any atom is -0.454 e. The lowest BCUT2D eigenvalue weighted by Crippen LogP contribution is -2.18. The molecule has 2 heterocycles. The molecule has 7 heteroatoms. The topological polar surface area (TPSA) is 72.4 Å². The molecule has 3 aromatic rings. The van der Waals surface area contributed by atoms with Crippen molar-refractivity contribution in [3.05, 3.63) is 60.3 Å². The van der Waals surface area contributed by atoms with E-state index in [1.165, 1.54) is 5.56 Å². The molecule has 0 bridgehead atoms. The Morgan fingerprint density at radius 3 is 2.80 bits per heavy atom. The van der Waals surface area contributed by atoms with Gasteiger partial charge in [-0.1, -0.05) is 30.3 Å². The number of nitrogens with zero attached hydrogens (tertiary/aromatic N) is 4. The van der Waals surface area contributed by atoms with Gasteiger partial charge in [-0.05, 0) is 17.7 Å². The maximum atomic E-state index is 5.38. The number of benzene rings is 2. The van der Waals surface area contributed by atoms with E-state index in [0.717, 1.165) is 23.8 Å². The highest BCUT2D eigenvalue weighted by molar-refractivity contribution is 5.60. The van der Waals surface area contributed by atoms with Crippen molar-refractivity contribution < 1.29 is 9.47 Å². The fraction of sp³-hybridized carbons (Fsp3) is 0.167. The average molecular weight is 335 g/mol. The summed E-state index contributed by atoms with van der Waals surface area (Å²) in [6, 6.07) is 15.8. The highest BCUT2D eigenvalue weighted by Gasteiger charge is 2.14. The largest absolute Gasteiger partial charge is 0.454 e. The van der Waals surface area contributed by atoms with Gasteiger partial charge in [0.15, 0.2) is 17.3 Å². The van der Waals surface area contributed by atoms with Gasteiger partial charge in [-0.2, -0.15) is 10.1 Å². The molecule has 1 aliphatic heterocycles. The maximum Gasteiger partial charge on any atom is 0.249 e. The van der Waals surface area contributed by atoms with Crippen LogP contribution in [0.15, 0.2) is 54.7 Å². The molecule has 0 spiro atoms. The van der Waals surface area contributed by atoms with Crippen molar-refractivity contribution >= 4 is 17.5 Å². The van der Waals surface area contributed by atoms with Crippen LogP contribution in [0.25, 0.3) is 0 Å². The first-order valence-corrected chi connectivity index (χ1v) is 7.89. The number of anilines is 3. The van der Waals surface area contributed by atoms with Gasteiger partial charge >= 0.3 is 0 Å². The molecule has 1 aromatic heterocycles. The quantitative estimate of drug-likeness (QED) is 0.768. The Bertz CT molecular complexity index is 872. The Kier molecular flexibility index (Phi) is 4.04. The van der Waals surface area contributed by atoms with Crippen LogP contribution in [0, 0.1) is 0 Å². The fourth-order valence-electron chi connectivity index (χ4n) is 2.57. The van der Waals surface area contributed by atoms with Gasteiger partial charge in [-0.15, -0.1) is 5.10 Å². The van der Waals surface area contributed by atoms with Crippen molar-refractivity contribution in [3.63, 3.8) is 0 Å². The fourth-order valence-corrected chi connectivity index (χ4v) is 2.57. The number of fused-ring (bicyclic) bond motifs is 1. The molecule has 0 amide bonds. The number of nitrogens with one attached hydrogen (secondary N) is 1. The Balaban J connectivity index is 1.49. The minimum absolute atomic E-state index is 0.247. The molecule has 1 N–H and O–H groups in total. The molecule has 0 saturated heterocycles. The zero-order valence-corrected chi connectivity index (χ0v) is 13.7. The summed E-state index contributed by atoms with van der Waals surface area (Å²) < 4.78 is 10.7. The average Bonchev–Trinajstić information content (AvgIpc) is 3.10. The molecule has 1 aliphatic rings. The number of hydrogen-bond acceptors (Lipinski definition) is 7. The number of ether oxygens (including phenoxy) is 2. The molecular formula is C18H17N5O2. The van der Waals surface area contributed by atoms with E-state index < -0.39 is 0 Å². The summed E-state index contributed by atoms with van der Waals surface area (Å²) in [4.78, 5) is 6.55. The standard InChI is InChI=1S/C18H17N5O2/c1-23(11-13-5-3-2-4-6-13)17-10-19-22-18(21-17)20-14-7-8-15-16(9-14)25-12-24-15/h2-10H,11-12H2,1H3,(H,20,21,22). The third kappa shape index (κ3) is 3.45. The highest BCUT2D eigenvalue weighted by atomic mass is 16.7. The Morgan fingerprint density at radius 2 is 1.92 bits per heavy atom. The molecule has 0 fully saturated rings. The molecule has 4 rings (SSSR count). The van der Waals surface area contributed by atoms with Crippen LogP contribution in [0.4, 0.5) is 17.5 Å². The van der Waals surface area contributed by atoms with Crippen molar-refractivity contribution in [2.45, 2.75) is 6.54 Å². The third-order valence-corrected chi connectivity index (χ3v) is 3.83. The van der Waals surface area contributed by atoms with Crippen LogP contribution in [-0.2, 0) is 6.54 Å². The van der Waals surface area contributed by atoms with Gasteiger partial charge in [0.05, 0.1) is 6.20 Å². The van der Waals surface area contributed by atoms with Gasteiger partial charge in [0, 0.05) is 25.3 Å². The van der Waals surface area contributed by atoms with Crippen molar-refractivity contribution in [2.75, 3.05) is 24.1 Å². The Hall–Kier alpha value is -3.35. The lowest BCUT2D eigenvalue weighted by atomic mass is 10.2. The summed E-state index contributed by atoms with van der Waals surface area (Å²) in [5.41, 5.74) is 2.02. The highest BCUT2D eigenvalue weighted by Crippen LogP contribution is 2.34. The molecule has 0 aliphatic carbocycles. The van der Waals surface area contributed by atoms with E-state index in [1.807, 2.05) is 48.3 Å². The van der Waals surface area contributed by atoms with Crippen LogP contribution in [0.2, 0.25) is 0 Å². The summed E-state index contributed by atoms with van der Waals surface area (Å²) in [6.45, 7) is 0.986. The third-order valence-electron chi connectivity index (χ3n) is 3.83. The lowest BCUT2D eigenvalue weighted by Gasteiger charge is -2.18. The smallest absolute Gasteiger partial charge is 0.249 e. The SMILES string of the molecule is CN(Cc1ccccc1)c1cnnc(Nc2ccc3c(c2)OCO3)n1. The van der Waals surface area contributed by atoms with Crippen LogP contribution in [0.1, 0.15) is 5.56 Å². The summed E-state index contributed by atoms with van der Waals surface area (Å²) in [6.07, 6.45) is 1.65. The van der Waals surface area contributed by atoms with Gasteiger partial charge in [-0.25, -0.2) is 0 Å². The molecule has 0 saturated carbocycles. The van der Waals surface area contributed by atoms with E-state index in [2.05, 4.69) is 32.6 Å². The van der Waals surface area contributed by atoms with Gasteiger partial charge in [0.1, 0.15) is 0 Å². The van der Waals surface area contributed by atoms with Gasteiger partial charge in [-0.3, -0.25) is 0 Å². The van der Waals surface area contributed by atoms with Crippen LogP contribution in [0.3, 0.4) is 0 Å². The molecular weight excluding hydrogens is 318 g/mol.